The van der Waals surface area contributed by atoms with E-state index in [1.807, 2.05) is 26.0 Å². The monoisotopic (exact) mass is 356 g/mol. The lowest BCUT2D eigenvalue weighted by atomic mass is 10.1. The molecule has 0 aliphatic rings. The van der Waals surface area contributed by atoms with E-state index in [0.717, 1.165) is 21.3 Å². The van der Waals surface area contributed by atoms with E-state index in [-0.39, 0.29) is 12.5 Å². The molecule has 1 N–H and O–H groups in total. The molecule has 1 rings (SSSR count). The zero-order chi connectivity index (χ0) is 16.0. The predicted molar refractivity (Wildman–Crippen MR) is 89.7 cm³/mol. The van der Waals surface area contributed by atoms with Gasteiger partial charge in [0, 0.05) is 36.2 Å². The van der Waals surface area contributed by atoms with Gasteiger partial charge in [0.05, 0.1) is 0 Å². The fourth-order valence-corrected chi connectivity index (χ4v) is 2.49. The van der Waals surface area contributed by atoms with E-state index in [1.54, 1.807) is 11.9 Å². The van der Waals surface area contributed by atoms with Crippen LogP contribution in [0.25, 0.3) is 0 Å². The van der Waals surface area contributed by atoms with Crippen molar-refractivity contribution in [2.45, 2.75) is 40.3 Å². The van der Waals surface area contributed by atoms with Crippen molar-refractivity contribution in [2.24, 2.45) is 0 Å². The van der Waals surface area contributed by atoms with Crippen LogP contribution in [0.5, 0.6) is 5.75 Å². The number of aryl methyl sites for hydroxylation is 1. The van der Waals surface area contributed by atoms with Crippen LogP contribution in [0, 0.1) is 6.92 Å². The highest BCUT2D eigenvalue weighted by atomic mass is 79.9. The number of rotatable bonds is 7. The van der Waals surface area contributed by atoms with Crippen molar-refractivity contribution in [3.05, 3.63) is 27.7 Å². The Bertz CT molecular complexity index is 489. The Balaban J connectivity index is 2.86. The first-order valence-corrected chi connectivity index (χ1v) is 8.03. The molecule has 0 atom stereocenters. The molecule has 1 aromatic rings. The summed E-state index contributed by atoms with van der Waals surface area (Å²) in [5.74, 6) is 0.784. The summed E-state index contributed by atoms with van der Waals surface area (Å²) in [4.78, 5) is 13.5. The molecule has 0 aliphatic carbocycles. The summed E-state index contributed by atoms with van der Waals surface area (Å²) in [6, 6.07) is 4.43. The van der Waals surface area contributed by atoms with Crippen LogP contribution < -0.4 is 10.1 Å². The summed E-state index contributed by atoms with van der Waals surface area (Å²) in [6.45, 7) is 9.61. The van der Waals surface area contributed by atoms with Gasteiger partial charge in [0.2, 0.25) is 0 Å². The summed E-state index contributed by atoms with van der Waals surface area (Å²) in [6.07, 6.45) is 0. The van der Waals surface area contributed by atoms with Crippen LogP contribution in [0.1, 0.15) is 31.9 Å². The zero-order valence-corrected chi connectivity index (χ0v) is 15.1. The minimum Gasteiger partial charge on any atom is -0.483 e. The second-order valence-electron chi connectivity index (χ2n) is 5.44. The molecule has 0 saturated heterocycles. The number of benzene rings is 1. The van der Waals surface area contributed by atoms with Crippen molar-refractivity contribution in [2.75, 3.05) is 20.2 Å². The van der Waals surface area contributed by atoms with Crippen LogP contribution in [0.15, 0.2) is 16.6 Å². The maximum Gasteiger partial charge on any atom is 0.260 e. The third-order valence-electron chi connectivity index (χ3n) is 3.26. The fourth-order valence-electron chi connectivity index (χ4n) is 1.87. The van der Waals surface area contributed by atoms with Gasteiger partial charge in [-0.05, 0) is 31.5 Å². The molecule has 0 aliphatic heterocycles. The average molecular weight is 357 g/mol. The van der Waals surface area contributed by atoms with Crippen molar-refractivity contribution in [3.8, 4) is 5.75 Å². The Morgan fingerprint density at radius 3 is 2.67 bits per heavy atom. The third kappa shape index (κ3) is 5.67. The number of carbonyl (C=O) groups is 1. The van der Waals surface area contributed by atoms with Gasteiger partial charge in [-0.2, -0.15) is 0 Å². The summed E-state index contributed by atoms with van der Waals surface area (Å²) in [5, 5.41) is 3.38. The first-order valence-electron chi connectivity index (χ1n) is 7.24. The Morgan fingerprint density at radius 2 is 2.10 bits per heavy atom. The Kier molecular flexibility index (Phi) is 7.18. The minimum absolute atomic E-state index is 0.0115. The predicted octanol–water partition coefficient (Wildman–Crippen LogP) is 3.11. The van der Waals surface area contributed by atoms with Crippen molar-refractivity contribution in [3.63, 3.8) is 0 Å². The number of nitrogens with zero attached hydrogens (tertiary/aromatic N) is 1. The maximum absolute atomic E-state index is 11.9. The molecule has 0 spiro atoms. The number of hydrogen-bond acceptors (Lipinski definition) is 3. The van der Waals surface area contributed by atoms with Gasteiger partial charge in [0.1, 0.15) is 5.75 Å². The SMILES string of the molecule is CCN(C)C(=O)COc1c(C)cc(Br)cc1CNC(C)C. The van der Waals surface area contributed by atoms with Gasteiger partial charge < -0.3 is 15.0 Å². The van der Waals surface area contributed by atoms with E-state index in [0.29, 0.717) is 19.1 Å². The molecule has 0 aromatic heterocycles. The standard InChI is InChI=1S/C16H25BrN2O2/c1-6-19(5)15(20)10-21-16-12(4)7-14(17)8-13(16)9-18-11(2)3/h7-8,11,18H,6,9-10H2,1-5H3. The van der Waals surface area contributed by atoms with Gasteiger partial charge >= 0.3 is 0 Å². The molecule has 0 bridgehead atoms. The average Bonchev–Trinajstić information content (AvgIpc) is 2.42. The van der Waals surface area contributed by atoms with Crippen LogP contribution in [-0.2, 0) is 11.3 Å². The molecule has 21 heavy (non-hydrogen) atoms. The number of ether oxygens (including phenoxy) is 1. The lowest BCUT2D eigenvalue weighted by Crippen LogP contribution is -2.31. The zero-order valence-electron chi connectivity index (χ0n) is 13.5. The van der Waals surface area contributed by atoms with Crippen LogP contribution in [0.4, 0.5) is 0 Å². The van der Waals surface area contributed by atoms with E-state index in [2.05, 4.69) is 35.1 Å². The lowest BCUT2D eigenvalue weighted by molar-refractivity contribution is -0.131. The topological polar surface area (TPSA) is 41.6 Å². The molecule has 5 heteroatoms. The van der Waals surface area contributed by atoms with Crippen LogP contribution in [-0.4, -0.2) is 37.0 Å². The normalized spacial score (nSPS) is 10.8. The van der Waals surface area contributed by atoms with Gasteiger partial charge in [0.15, 0.2) is 6.61 Å². The van der Waals surface area contributed by atoms with Crippen molar-refractivity contribution >= 4 is 21.8 Å². The number of nitrogens with one attached hydrogen (secondary N) is 1. The number of amides is 1. The Labute approximate surface area is 136 Å². The van der Waals surface area contributed by atoms with Crippen molar-refractivity contribution in [1.29, 1.82) is 0 Å². The quantitative estimate of drug-likeness (QED) is 0.815. The molecule has 0 fully saturated rings. The highest BCUT2D eigenvalue weighted by Crippen LogP contribution is 2.28. The highest BCUT2D eigenvalue weighted by molar-refractivity contribution is 9.10. The molecule has 118 valence electrons. The van der Waals surface area contributed by atoms with Crippen LogP contribution >= 0.6 is 15.9 Å². The van der Waals surface area contributed by atoms with Crippen LogP contribution in [0.2, 0.25) is 0 Å². The van der Waals surface area contributed by atoms with E-state index < -0.39 is 0 Å². The van der Waals surface area contributed by atoms with E-state index >= 15 is 0 Å². The Morgan fingerprint density at radius 1 is 1.43 bits per heavy atom. The van der Waals surface area contributed by atoms with E-state index in [1.165, 1.54) is 0 Å². The van der Waals surface area contributed by atoms with Crippen molar-refractivity contribution < 1.29 is 9.53 Å². The molecule has 4 nitrogen and oxygen atoms in total. The summed E-state index contributed by atoms with van der Waals surface area (Å²) < 4.78 is 6.81. The third-order valence-corrected chi connectivity index (χ3v) is 3.71. The molecule has 1 aromatic carbocycles. The van der Waals surface area contributed by atoms with Gasteiger partial charge in [0.25, 0.3) is 5.91 Å². The number of halogens is 1. The molecule has 0 saturated carbocycles. The minimum atomic E-state index is -0.0115. The van der Waals surface area contributed by atoms with E-state index in [9.17, 15) is 4.79 Å². The molecule has 0 unspecified atom stereocenters. The van der Waals surface area contributed by atoms with E-state index in [4.69, 9.17) is 4.74 Å². The summed E-state index contributed by atoms with van der Waals surface area (Å²) in [5.41, 5.74) is 2.08. The van der Waals surface area contributed by atoms with Crippen LogP contribution in [0.3, 0.4) is 0 Å². The smallest absolute Gasteiger partial charge is 0.260 e. The second kappa shape index (κ2) is 8.39. The van der Waals surface area contributed by atoms with Crippen molar-refractivity contribution in [1.82, 2.24) is 10.2 Å². The van der Waals surface area contributed by atoms with Gasteiger partial charge in [-0.15, -0.1) is 0 Å². The fraction of sp³-hybridized carbons (Fsp3) is 0.562. The number of likely N-dealkylation sites (N-methyl/N-ethyl adjacent to an activating group) is 1. The largest absolute Gasteiger partial charge is 0.483 e. The number of hydrogen-bond donors (Lipinski definition) is 1. The molecular formula is C16H25BrN2O2. The molecule has 0 heterocycles. The van der Waals surface area contributed by atoms with Gasteiger partial charge in [-0.1, -0.05) is 29.8 Å². The van der Waals surface area contributed by atoms with Gasteiger partial charge in [-0.3, -0.25) is 4.79 Å². The Hall–Kier alpha value is -1.07. The van der Waals surface area contributed by atoms with Gasteiger partial charge in [-0.25, -0.2) is 0 Å². The number of carbonyl (C=O) groups excluding carboxylic acids is 1. The molecule has 1 amide bonds. The highest BCUT2D eigenvalue weighted by Gasteiger charge is 2.13. The summed E-state index contributed by atoms with van der Waals surface area (Å²) in [7, 11) is 1.78. The first kappa shape index (κ1) is 18.0. The molecule has 0 radical (unpaired) electrons. The maximum atomic E-state index is 11.9. The summed E-state index contributed by atoms with van der Waals surface area (Å²) >= 11 is 3.51. The second-order valence-corrected chi connectivity index (χ2v) is 6.36. The first-order chi connectivity index (χ1) is 9.85. The molecular weight excluding hydrogens is 332 g/mol. The lowest BCUT2D eigenvalue weighted by Gasteiger charge is -2.19.